The van der Waals surface area contributed by atoms with Crippen molar-refractivity contribution in [2.24, 2.45) is 0 Å². The summed E-state index contributed by atoms with van der Waals surface area (Å²) in [5.74, 6) is 0. The fourth-order valence-corrected chi connectivity index (χ4v) is 4.18. The van der Waals surface area contributed by atoms with Crippen LogP contribution >= 0.6 is 11.3 Å². The molecule has 0 aliphatic rings. The Balaban J connectivity index is 1.66. The van der Waals surface area contributed by atoms with Gasteiger partial charge in [0.2, 0.25) is 0 Å². The number of amides is 1. The smallest absolute Gasteiger partial charge is 0.411 e. The molecule has 0 unspecified atom stereocenters. The molecule has 148 valence electrons. The van der Waals surface area contributed by atoms with Gasteiger partial charge in [0, 0.05) is 36.9 Å². The van der Waals surface area contributed by atoms with Crippen LogP contribution in [0.5, 0.6) is 0 Å². The highest BCUT2D eigenvalue weighted by atomic mass is 32.1. The maximum absolute atomic E-state index is 11.7. The lowest BCUT2D eigenvalue weighted by Gasteiger charge is -2.12. The lowest BCUT2D eigenvalue weighted by atomic mass is 10.1. The Morgan fingerprint density at radius 3 is 2.71 bits per heavy atom. The van der Waals surface area contributed by atoms with E-state index in [1.54, 1.807) is 0 Å². The van der Waals surface area contributed by atoms with E-state index in [0.29, 0.717) is 6.61 Å². The van der Waals surface area contributed by atoms with E-state index in [0.717, 1.165) is 29.9 Å². The summed E-state index contributed by atoms with van der Waals surface area (Å²) in [6.07, 6.45) is 0.399. The molecular formula is C22H27N3O2S. The predicted octanol–water partition coefficient (Wildman–Crippen LogP) is 5.85. The maximum atomic E-state index is 11.7. The first kappa shape index (κ1) is 20.0. The molecule has 1 amide bonds. The van der Waals surface area contributed by atoms with Crippen LogP contribution in [0.1, 0.15) is 23.8 Å². The van der Waals surface area contributed by atoms with Crippen molar-refractivity contribution in [1.29, 1.82) is 0 Å². The molecule has 2 aromatic carbocycles. The molecule has 3 rings (SSSR count). The van der Waals surface area contributed by atoms with Crippen LogP contribution in [0.15, 0.2) is 42.5 Å². The minimum Gasteiger partial charge on any atom is -0.449 e. The predicted molar refractivity (Wildman–Crippen MR) is 120 cm³/mol. The SMILES string of the molecule is CCCOC(=O)Nc1ccc(NCc2cc3cccc(N(C)C)c3s2)cc1C. The molecule has 0 aliphatic carbocycles. The molecule has 0 spiro atoms. The van der Waals surface area contributed by atoms with Gasteiger partial charge in [-0.15, -0.1) is 11.3 Å². The summed E-state index contributed by atoms with van der Waals surface area (Å²) in [5.41, 5.74) is 4.03. The molecule has 0 atom stereocenters. The van der Waals surface area contributed by atoms with Crippen molar-refractivity contribution >= 4 is 44.6 Å². The lowest BCUT2D eigenvalue weighted by molar-refractivity contribution is 0.161. The second-order valence-corrected chi connectivity index (χ2v) is 8.08. The summed E-state index contributed by atoms with van der Waals surface area (Å²) < 4.78 is 6.38. The van der Waals surface area contributed by atoms with Crippen molar-refractivity contribution in [3.8, 4) is 0 Å². The number of aryl methyl sites for hydroxylation is 1. The van der Waals surface area contributed by atoms with Gasteiger partial charge >= 0.3 is 6.09 Å². The van der Waals surface area contributed by atoms with Gasteiger partial charge in [0.15, 0.2) is 0 Å². The Morgan fingerprint density at radius 1 is 1.18 bits per heavy atom. The van der Waals surface area contributed by atoms with E-state index in [9.17, 15) is 4.79 Å². The first-order chi connectivity index (χ1) is 13.5. The van der Waals surface area contributed by atoms with Crippen molar-refractivity contribution in [1.82, 2.24) is 0 Å². The molecule has 3 aromatic rings. The molecule has 1 aromatic heterocycles. The zero-order valence-electron chi connectivity index (χ0n) is 16.8. The fourth-order valence-electron chi connectivity index (χ4n) is 2.98. The Labute approximate surface area is 170 Å². The van der Waals surface area contributed by atoms with Crippen molar-refractivity contribution in [3.63, 3.8) is 0 Å². The topological polar surface area (TPSA) is 53.6 Å². The maximum Gasteiger partial charge on any atom is 0.411 e. The number of ether oxygens (including phenoxy) is 1. The number of benzene rings is 2. The van der Waals surface area contributed by atoms with Gasteiger partial charge in [0.1, 0.15) is 0 Å². The molecule has 0 saturated carbocycles. The van der Waals surface area contributed by atoms with Crippen molar-refractivity contribution in [3.05, 3.63) is 52.9 Å². The lowest BCUT2D eigenvalue weighted by Crippen LogP contribution is -2.14. The van der Waals surface area contributed by atoms with Crippen LogP contribution in [-0.4, -0.2) is 26.8 Å². The van der Waals surface area contributed by atoms with Gasteiger partial charge in [-0.25, -0.2) is 4.79 Å². The Bertz CT molecular complexity index is 966. The summed E-state index contributed by atoms with van der Waals surface area (Å²) in [6, 6.07) is 14.6. The van der Waals surface area contributed by atoms with E-state index < -0.39 is 6.09 Å². The van der Waals surface area contributed by atoms with E-state index in [1.165, 1.54) is 20.7 Å². The van der Waals surface area contributed by atoms with Crippen LogP contribution in [0.25, 0.3) is 10.1 Å². The van der Waals surface area contributed by atoms with Gasteiger partial charge in [-0.2, -0.15) is 0 Å². The highest BCUT2D eigenvalue weighted by molar-refractivity contribution is 7.19. The zero-order chi connectivity index (χ0) is 20.1. The van der Waals surface area contributed by atoms with Crippen LogP contribution in [0.4, 0.5) is 21.9 Å². The first-order valence-electron chi connectivity index (χ1n) is 9.45. The number of carbonyl (C=O) groups is 1. The number of fused-ring (bicyclic) bond motifs is 1. The van der Waals surface area contributed by atoms with Gasteiger partial charge in [-0.1, -0.05) is 19.1 Å². The van der Waals surface area contributed by atoms with Crippen LogP contribution < -0.4 is 15.5 Å². The zero-order valence-corrected chi connectivity index (χ0v) is 17.7. The van der Waals surface area contributed by atoms with Crippen LogP contribution in [0.2, 0.25) is 0 Å². The molecule has 0 fully saturated rings. The van der Waals surface area contributed by atoms with E-state index in [1.807, 2.05) is 43.4 Å². The average Bonchev–Trinajstić information content (AvgIpc) is 3.09. The molecule has 0 aliphatic heterocycles. The van der Waals surface area contributed by atoms with Crippen LogP contribution in [-0.2, 0) is 11.3 Å². The van der Waals surface area contributed by atoms with Gasteiger partial charge in [0.25, 0.3) is 0 Å². The second kappa shape index (κ2) is 8.97. The molecular weight excluding hydrogens is 370 g/mol. The Hall–Kier alpha value is -2.73. The highest BCUT2D eigenvalue weighted by Gasteiger charge is 2.09. The molecule has 28 heavy (non-hydrogen) atoms. The van der Waals surface area contributed by atoms with Gasteiger partial charge in [-0.05, 0) is 54.6 Å². The van der Waals surface area contributed by atoms with Crippen molar-refractivity contribution in [2.45, 2.75) is 26.8 Å². The first-order valence-corrected chi connectivity index (χ1v) is 10.3. The monoisotopic (exact) mass is 397 g/mol. The van der Waals surface area contributed by atoms with E-state index in [2.05, 4.69) is 53.9 Å². The number of nitrogens with zero attached hydrogens (tertiary/aromatic N) is 1. The molecule has 5 nitrogen and oxygen atoms in total. The number of hydrogen-bond acceptors (Lipinski definition) is 5. The van der Waals surface area contributed by atoms with Crippen LogP contribution in [0, 0.1) is 6.92 Å². The average molecular weight is 398 g/mol. The number of nitrogens with one attached hydrogen (secondary N) is 2. The third kappa shape index (κ3) is 4.75. The summed E-state index contributed by atoms with van der Waals surface area (Å²) in [6.45, 7) is 5.13. The number of rotatable bonds is 7. The summed E-state index contributed by atoms with van der Waals surface area (Å²) in [5, 5.41) is 7.54. The summed E-state index contributed by atoms with van der Waals surface area (Å²) in [4.78, 5) is 15.2. The molecule has 0 saturated heterocycles. The van der Waals surface area contributed by atoms with Crippen LogP contribution in [0.3, 0.4) is 0 Å². The molecule has 0 bridgehead atoms. The minimum atomic E-state index is -0.410. The van der Waals surface area contributed by atoms with Gasteiger partial charge in [0.05, 0.1) is 17.0 Å². The molecule has 0 radical (unpaired) electrons. The standard InChI is InChI=1S/C22H27N3O2S/c1-5-11-27-22(26)24-19-10-9-17(12-15(19)2)23-14-18-13-16-7-6-8-20(25(3)4)21(16)28-18/h6-10,12-13,23H,5,11,14H2,1-4H3,(H,24,26). The van der Waals surface area contributed by atoms with Crippen molar-refractivity contribution in [2.75, 3.05) is 36.2 Å². The number of carbonyl (C=O) groups excluding carboxylic acids is 1. The van der Waals surface area contributed by atoms with Crippen molar-refractivity contribution < 1.29 is 9.53 Å². The number of thiophene rings is 1. The molecule has 2 N–H and O–H groups in total. The fraction of sp³-hybridized carbons (Fsp3) is 0.318. The summed E-state index contributed by atoms with van der Waals surface area (Å²) in [7, 11) is 4.14. The Morgan fingerprint density at radius 2 is 2.00 bits per heavy atom. The quantitative estimate of drug-likeness (QED) is 0.525. The highest BCUT2D eigenvalue weighted by Crippen LogP contribution is 2.33. The Kier molecular flexibility index (Phi) is 6.41. The molecule has 1 heterocycles. The second-order valence-electron chi connectivity index (χ2n) is 6.95. The van der Waals surface area contributed by atoms with E-state index in [-0.39, 0.29) is 0 Å². The van der Waals surface area contributed by atoms with Gasteiger partial charge in [-0.3, -0.25) is 5.32 Å². The normalized spacial score (nSPS) is 10.7. The number of hydrogen-bond donors (Lipinski definition) is 2. The van der Waals surface area contributed by atoms with Gasteiger partial charge < -0.3 is 15.0 Å². The third-order valence-corrected chi connectivity index (χ3v) is 5.60. The van der Waals surface area contributed by atoms with E-state index >= 15 is 0 Å². The minimum absolute atomic E-state index is 0.410. The largest absolute Gasteiger partial charge is 0.449 e. The van der Waals surface area contributed by atoms with E-state index in [4.69, 9.17) is 4.74 Å². The molecule has 6 heteroatoms. The third-order valence-electron chi connectivity index (χ3n) is 4.42. The summed E-state index contributed by atoms with van der Waals surface area (Å²) >= 11 is 1.82. The number of anilines is 3.